The van der Waals surface area contributed by atoms with E-state index < -0.39 is 0 Å². The standard InChI is InChI=1S/C10H23N3/c1-5-9-7(2)8(11)6-10(12-9)13(3)4/h7-10,12H,5-6,11H2,1-4H3. The van der Waals surface area contributed by atoms with Gasteiger partial charge in [-0.2, -0.15) is 0 Å². The molecule has 0 bridgehead atoms. The third-order valence-electron chi connectivity index (χ3n) is 3.28. The van der Waals surface area contributed by atoms with Crippen LogP contribution in [0.3, 0.4) is 0 Å². The van der Waals surface area contributed by atoms with Crippen LogP contribution in [-0.4, -0.2) is 37.2 Å². The Hall–Kier alpha value is -0.120. The van der Waals surface area contributed by atoms with Gasteiger partial charge in [-0.1, -0.05) is 13.8 Å². The van der Waals surface area contributed by atoms with Gasteiger partial charge in [-0.25, -0.2) is 0 Å². The Morgan fingerprint density at radius 2 is 2.08 bits per heavy atom. The highest BCUT2D eigenvalue weighted by Gasteiger charge is 2.32. The van der Waals surface area contributed by atoms with Crippen molar-refractivity contribution in [2.24, 2.45) is 11.7 Å². The molecule has 0 amide bonds. The molecule has 1 saturated heterocycles. The maximum atomic E-state index is 6.11. The van der Waals surface area contributed by atoms with E-state index >= 15 is 0 Å². The largest absolute Gasteiger partial charge is 0.327 e. The fraction of sp³-hybridized carbons (Fsp3) is 1.00. The van der Waals surface area contributed by atoms with Crippen LogP contribution in [0.15, 0.2) is 0 Å². The van der Waals surface area contributed by atoms with E-state index in [9.17, 15) is 0 Å². The average molecular weight is 185 g/mol. The molecule has 4 atom stereocenters. The second-order valence-electron chi connectivity index (χ2n) is 4.42. The summed E-state index contributed by atoms with van der Waals surface area (Å²) in [5.74, 6) is 0.598. The number of hydrogen-bond donors (Lipinski definition) is 2. The summed E-state index contributed by atoms with van der Waals surface area (Å²) in [6.07, 6.45) is 2.68. The van der Waals surface area contributed by atoms with Crippen molar-refractivity contribution in [3.8, 4) is 0 Å². The van der Waals surface area contributed by atoms with Crippen molar-refractivity contribution in [1.29, 1.82) is 0 Å². The molecule has 0 aromatic heterocycles. The van der Waals surface area contributed by atoms with Gasteiger partial charge in [0.2, 0.25) is 0 Å². The predicted molar refractivity (Wildman–Crippen MR) is 56.4 cm³/mol. The summed E-state index contributed by atoms with van der Waals surface area (Å²) in [7, 11) is 4.21. The molecular formula is C10H23N3. The lowest BCUT2D eigenvalue weighted by molar-refractivity contribution is 0.119. The Morgan fingerprint density at radius 1 is 1.46 bits per heavy atom. The normalized spacial score (nSPS) is 41.1. The van der Waals surface area contributed by atoms with Crippen LogP contribution in [0.1, 0.15) is 26.7 Å². The maximum absolute atomic E-state index is 6.11. The molecule has 0 aromatic rings. The van der Waals surface area contributed by atoms with Crippen molar-refractivity contribution in [2.45, 2.75) is 44.9 Å². The molecule has 78 valence electrons. The molecule has 3 nitrogen and oxygen atoms in total. The van der Waals surface area contributed by atoms with Crippen LogP contribution in [0, 0.1) is 5.92 Å². The zero-order chi connectivity index (χ0) is 10.0. The fourth-order valence-corrected chi connectivity index (χ4v) is 2.09. The highest BCUT2D eigenvalue weighted by Crippen LogP contribution is 2.21. The zero-order valence-corrected chi connectivity index (χ0v) is 9.25. The molecule has 13 heavy (non-hydrogen) atoms. The van der Waals surface area contributed by atoms with E-state index in [0.717, 1.165) is 6.42 Å². The van der Waals surface area contributed by atoms with Crippen LogP contribution in [0.2, 0.25) is 0 Å². The van der Waals surface area contributed by atoms with Crippen LogP contribution >= 0.6 is 0 Å². The van der Waals surface area contributed by atoms with E-state index in [2.05, 4.69) is 38.2 Å². The number of hydrogen-bond acceptors (Lipinski definition) is 3. The van der Waals surface area contributed by atoms with E-state index in [4.69, 9.17) is 5.73 Å². The Morgan fingerprint density at radius 3 is 2.54 bits per heavy atom. The minimum absolute atomic E-state index is 0.346. The first kappa shape index (κ1) is 11.0. The van der Waals surface area contributed by atoms with Crippen molar-refractivity contribution in [3.05, 3.63) is 0 Å². The molecule has 3 N–H and O–H groups in total. The third kappa shape index (κ3) is 2.42. The van der Waals surface area contributed by atoms with Gasteiger partial charge in [0.15, 0.2) is 0 Å². The highest BCUT2D eigenvalue weighted by molar-refractivity contribution is 4.90. The molecule has 0 spiro atoms. The topological polar surface area (TPSA) is 41.3 Å². The first-order valence-electron chi connectivity index (χ1n) is 5.24. The molecule has 0 aromatic carbocycles. The summed E-state index contributed by atoms with van der Waals surface area (Å²) in [6, 6.07) is 0.926. The molecule has 1 aliphatic rings. The van der Waals surface area contributed by atoms with Gasteiger partial charge in [0.1, 0.15) is 0 Å². The summed E-state index contributed by atoms with van der Waals surface area (Å²) in [6.45, 7) is 4.47. The van der Waals surface area contributed by atoms with Gasteiger partial charge in [-0.05, 0) is 32.9 Å². The Labute approximate surface area is 81.7 Å². The number of nitrogens with zero attached hydrogens (tertiary/aromatic N) is 1. The molecule has 1 rings (SSSR count). The van der Waals surface area contributed by atoms with Gasteiger partial charge in [-0.3, -0.25) is 10.2 Å². The van der Waals surface area contributed by atoms with Crippen molar-refractivity contribution in [2.75, 3.05) is 14.1 Å². The van der Waals surface area contributed by atoms with Gasteiger partial charge in [0, 0.05) is 12.1 Å². The van der Waals surface area contributed by atoms with E-state index in [0.29, 0.717) is 24.2 Å². The number of nitrogens with two attached hydrogens (primary N) is 1. The Bertz CT molecular complexity index is 158. The summed E-state index contributed by atoms with van der Waals surface area (Å²) >= 11 is 0. The molecule has 1 fully saturated rings. The summed E-state index contributed by atoms with van der Waals surface area (Å²) in [4.78, 5) is 2.22. The van der Waals surface area contributed by atoms with E-state index in [1.165, 1.54) is 6.42 Å². The Balaban J connectivity index is 2.58. The smallest absolute Gasteiger partial charge is 0.0609 e. The molecule has 1 heterocycles. The molecule has 0 radical (unpaired) electrons. The molecule has 0 saturated carbocycles. The third-order valence-corrected chi connectivity index (χ3v) is 3.28. The summed E-state index contributed by atoms with van der Waals surface area (Å²) < 4.78 is 0. The number of nitrogens with one attached hydrogen (secondary N) is 1. The van der Waals surface area contributed by atoms with E-state index in [-0.39, 0.29) is 0 Å². The fourth-order valence-electron chi connectivity index (χ4n) is 2.09. The second-order valence-corrected chi connectivity index (χ2v) is 4.42. The predicted octanol–water partition coefficient (Wildman–Crippen LogP) is 0.609. The summed E-state index contributed by atoms with van der Waals surface area (Å²) in [5.41, 5.74) is 6.11. The van der Waals surface area contributed by atoms with Crippen LogP contribution in [-0.2, 0) is 0 Å². The van der Waals surface area contributed by atoms with Crippen molar-refractivity contribution in [1.82, 2.24) is 10.2 Å². The number of piperidine rings is 1. The van der Waals surface area contributed by atoms with Crippen LogP contribution in [0.5, 0.6) is 0 Å². The highest BCUT2D eigenvalue weighted by atomic mass is 15.2. The summed E-state index contributed by atoms with van der Waals surface area (Å²) in [5, 5.41) is 3.63. The lowest BCUT2D eigenvalue weighted by Gasteiger charge is -2.42. The number of rotatable bonds is 2. The quantitative estimate of drug-likeness (QED) is 0.662. The first-order valence-corrected chi connectivity index (χ1v) is 5.24. The first-order chi connectivity index (χ1) is 6.06. The van der Waals surface area contributed by atoms with Gasteiger partial charge < -0.3 is 5.73 Å². The zero-order valence-electron chi connectivity index (χ0n) is 9.25. The van der Waals surface area contributed by atoms with Gasteiger partial charge in [0.05, 0.1) is 6.17 Å². The average Bonchev–Trinajstić information content (AvgIpc) is 2.09. The molecule has 3 heteroatoms. The van der Waals surface area contributed by atoms with Gasteiger partial charge >= 0.3 is 0 Å². The minimum atomic E-state index is 0.346. The lowest BCUT2D eigenvalue weighted by atomic mass is 9.85. The van der Waals surface area contributed by atoms with Crippen molar-refractivity contribution in [3.63, 3.8) is 0 Å². The molecule has 0 aliphatic carbocycles. The van der Waals surface area contributed by atoms with Crippen molar-refractivity contribution >= 4 is 0 Å². The molecular weight excluding hydrogens is 162 g/mol. The lowest BCUT2D eigenvalue weighted by Crippen LogP contribution is -2.59. The van der Waals surface area contributed by atoms with Crippen molar-refractivity contribution < 1.29 is 0 Å². The molecule has 1 aliphatic heterocycles. The van der Waals surface area contributed by atoms with Gasteiger partial charge in [0.25, 0.3) is 0 Å². The maximum Gasteiger partial charge on any atom is 0.0609 e. The molecule has 4 unspecified atom stereocenters. The van der Waals surface area contributed by atoms with Crippen LogP contribution in [0.25, 0.3) is 0 Å². The monoisotopic (exact) mass is 185 g/mol. The van der Waals surface area contributed by atoms with E-state index in [1.807, 2.05) is 0 Å². The minimum Gasteiger partial charge on any atom is -0.327 e. The van der Waals surface area contributed by atoms with E-state index in [1.54, 1.807) is 0 Å². The van der Waals surface area contributed by atoms with Crippen LogP contribution < -0.4 is 11.1 Å². The second kappa shape index (κ2) is 4.40. The van der Waals surface area contributed by atoms with Crippen LogP contribution in [0.4, 0.5) is 0 Å². The Kier molecular flexibility index (Phi) is 3.71. The SMILES string of the molecule is CCC1NC(N(C)C)CC(N)C1C. The van der Waals surface area contributed by atoms with Gasteiger partial charge in [-0.15, -0.1) is 0 Å².